The number of carbonyl (C=O) groups is 2. The number of hydrogen-bond donors (Lipinski definition) is 2. The molecule has 4 rings (SSSR count). The quantitative estimate of drug-likeness (QED) is 0.638. The van der Waals surface area contributed by atoms with Gasteiger partial charge in [-0.2, -0.15) is 10.2 Å². The summed E-state index contributed by atoms with van der Waals surface area (Å²) < 4.78 is 9.06. The van der Waals surface area contributed by atoms with Crippen molar-refractivity contribution < 1.29 is 14.3 Å². The summed E-state index contributed by atoms with van der Waals surface area (Å²) in [7, 11) is 1.79. The van der Waals surface area contributed by atoms with Crippen LogP contribution in [0.2, 0.25) is 0 Å². The van der Waals surface area contributed by atoms with Gasteiger partial charge in [0.15, 0.2) is 11.6 Å². The normalized spacial score (nSPS) is 19.4. The molecule has 1 fully saturated rings. The van der Waals surface area contributed by atoms with E-state index < -0.39 is 18.1 Å². The number of aromatic nitrogens is 5. The molecule has 28 heavy (non-hydrogen) atoms. The van der Waals surface area contributed by atoms with Gasteiger partial charge in [0.05, 0.1) is 24.9 Å². The Kier molecular flexibility index (Phi) is 4.62. The Morgan fingerprint density at radius 2 is 2.14 bits per heavy atom. The molecule has 1 aliphatic rings. The van der Waals surface area contributed by atoms with Crippen LogP contribution in [0.3, 0.4) is 0 Å². The number of nitrogens with one attached hydrogen (secondary N) is 1. The van der Waals surface area contributed by atoms with Gasteiger partial charge in [0.25, 0.3) is 0 Å². The number of nitrogens with zero attached hydrogens (tertiary/aromatic N) is 5. The predicted molar refractivity (Wildman–Crippen MR) is 97.0 cm³/mol. The van der Waals surface area contributed by atoms with Crippen LogP contribution < -0.4 is 11.1 Å². The Morgan fingerprint density at radius 3 is 2.82 bits per heavy atom. The SMILES string of the molecule is Cn1cc(-n2nc(CC(N)=O)nc2[C@H]2OCC(=O)N[C@@H]2c2ccccc2)cn1. The lowest BCUT2D eigenvalue weighted by molar-refractivity contribution is -0.138. The number of aryl methyl sites for hydroxylation is 1. The van der Waals surface area contributed by atoms with Crippen molar-refractivity contribution in [1.82, 2.24) is 29.9 Å². The van der Waals surface area contributed by atoms with Crippen molar-refractivity contribution in [3.05, 3.63) is 59.9 Å². The summed E-state index contributed by atoms with van der Waals surface area (Å²) in [5.74, 6) is -0.0148. The Morgan fingerprint density at radius 1 is 1.36 bits per heavy atom. The third-order valence-electron chi connectivity index (χ3n) is 4.37. The predicted octanol–water partition coefficient (Wildman–Crippen LogP) is -0.0426. The van der Waals surface area contributed by atoms with Gasteiger partial charge < -0.3 is 15.8 Å². The summed E-state index contributed by atoms with van der Waals surface area (Å²) in [6.45, 7) is -0.0982. The molecule has 0 bridgehead atoms. The standard InChI is InChI=1S/C18H19N7O3/c1-24-9-12(8-20-24)25-18(21-14(23-25)7-13(19)26)17-16(22-15(27)10-28-17)11-5-3-2-4-6-11/h2-6,8-9,16-17H,7,10H2,1H3,(H2,19,26)(H,22,27)/t16-,17+/m1/s1. The van der Waals surface area contributed by atoms with E-state index in [0.717, 1.165) is 5.56 Å². The van der Waals surface area contributed by atoms with Gasteiger partial charge in [-0.1, -0.05) is 30.3 Å². The van der Waals surface area contributed by atoms with Crippen LogP contribution in [0.5, 0.6) is 0 Å². The first-order chi connectivity index (χ1) is 13.5. The number of morpholine rings is 1. The largest absolute Gasteiger partial charge is 0.369 e. The lowest BCUT2D eigenvalue weighted by Crippen LogP contribution is -2.42. The lowest BCUT2D eigenvalue weighted by Gasteiger charge is -2.32. The van der Waals surface area contributed by atoms with Crippen LogP contribution in [0, 0.1) is 0 Å². The minimum atomic E-state index is -0.602. The van der Waals surface area contributed by atoms with Gasteiger partial charge in [0, 0.05) is 7.05 Å². The molecule has 144 valence electrons. The highest BCUT2D eigenvalue weighted by atomic mass is 16.5. The van der Waals surface area contributed by atoms with Crippen LogP contribution in [0.25, 0.3) is 5.69 Å². The highest BCUT2D eigenvalue weighted by molar-refractivity contribution is 5.78. The van der Waals surface area contributed by atoms with E-state index in [4.69, 9.17) is 10.5 Å². The maximum Gasteiger partial charge on any atom is 0.246 e. The molecule has 10 nitrogen and oxygen atoms in total. The van der Waals surface area contributed by atoms with Crippen molar-refractivity contribution >= 4 is 11.8 Å². The molecule has 10 heteroatoms. The summed E-state index contributed by atoms with van der Waals surface area (Å²) in [6.07, 6.45) is 2.69. The molecule has 0 radical (unpaired) electrons. The van der Waals surface area contributed by atoms with Crippen molar-refractivity contribution in [3.63, 3.8) is 0 Å². The van der Waals surface area contributed by atoms with E-state index in [9.17, 15) is 9.59 Å². The number of amides is 2. The Bertz CT molecular complexity index is 1010. The van der Waals surface area contributed by atoms with Gasteiger partial charge >= 0.3 is 0 Å². The number of hydrogen-bond acceptors (Lipinski definition) is 6. The molecule has 2 aromatic heterocycles. The van der Waals surface area contributed by atoms with Crippen LogP contribution in [-0.4, -0.2) is 43.0 Å². The number of benzene rings is 1. The van der Waals surface area contributed by atoms with Gasteiger partial charge in [-0.25, -0.2) is 9.67 Å². The average Bonchev–Trinajstić information content (AvgIpc) is 3.28. The van der Waals surface area contributed by atoms with Gasteiger partial charge in [-0.3, -0.25) is 14.3 Å². The first-order valence-corrected chi connectivity index (χ1v) is 8.70. The van der Waals surface area contributed by atoms with Gasteiger partial charge in [0.1, 0.15) is 18.4 Å². The van der Waals surface area contributed by atoms with Crippen molar-refractivity contribution in [2.75, 3.05) is 6.61 Å². The molecule has 3 N–H and O–H groups in total. The Labute approximate surface area is 160 Å². The van der Waals surface area contributed by atoms with Crippen molar-refractivity contribution in [2.24, 2.45) is 12.8 Å². The average molecular weight is 381 g/mol. The van der Waals surface area contributed by atoms with Crippen LogP contribution in [0.15, 0.2) is 42.7 Å². The number of carbonyl (C=O) groups excluding carboxylic acids is 2. The molecule has 0 saturated carbocycles. The number of primary amides is 1. The maximum atomic E-state index is 12.0. The molecule has 2 amide bonds. The second-order valence-corrected chi connectivity index (χ2v) is 6.50. The van der Waals surface area contributed by atoms with Gasteiger partial charge in [0.2, 0.25) is 11.8 Å². The van der Waals surface area contributed by atoms with E-state index in [1.807, 2.05) is 30.3 Å². The minimum Gasteiger partial charge on any atom is -0.369 e. The number of nitrogens with two attached hydrogens (primary N) is 1. The van der Waals surface area contributed by atoms with E-state index >= 15 is 0 Å². The molecule has 3 heterocycles. The molecule has 0 spiro atoms. The van der Waals surface area contributed by atoms with Crippen molar-refractivity contribution in [2.45, 2.75) is 18.6 Å². The van der Waals surface area contributed by atoms with E-state index in [0.29, 0.717) is 11.5 Å². The lowest BCUT2D eigenvalue weighted by atomic mass is 9.99. The van der Waals surface area contributed by atoms with E-state index in [2.05, 4.69) is 20.5 Å². The minimum absolute atomic E-state index is 0.0982. The van der Waals surface area contributed by atoms with Crippen molar-refractivity contribution in [1.29, 1.82) is 0 Å². The fourth-order valence-corrected chi connectivity index (χ4v) is 3.19. The topological polar surface area (TPSA) is 130 Å². The summed E-state index contributed by atoms with van der Waals surface area (Å²) in [6, 6.07) is 9.02. The van der Waals surface area contributed by atoms with Crippen molar-refractivity contribution in [3.8, 4) is 5.69 Å². The zero-order valence-electron chi connectivity index (χ0n) is 15.1. The van der Waals surface area contributed by atoms with Gasteiger partial charge in [-0.15, -0.1) is 0 Å². The molecule has 0 aliphatic carbocycles. The molecule has 2 atom stereocenters. The van der Waals surface area contributed by atoms with E-state index in [1.54, 1.807) is 28.8 Å². The van der Waals surface area contributed by atoms with Crippen LogP contribution in [-0.2, 0) is 27.8 Å². The third-order valence-corrected chi connectivity index (χ3v) is 4.37. The molecular formula is C18H19N7O3. The summed E-state index contributed by atoms with van der Waals surface area (Å²) in [4.78, 5) is 27.8. The second kappa shape index (κ2) is 7.24. The molecule has 1 saturated heterocycles. The zero-order chi connectivity index (χ0) is 19.7. The zero-order valence-corrected chi connectivity index (χ0v) is 15.1. The second-order valence-electron chi connectivity index (χ2n) is 6.50. The highest BCUT2D eigenvalue weighted by Crippen LogP contribution is 2.34. The smallest absolute Gasteiger partial charge is 0.246 e. The van der Waals surface area contributed by atoms with E-state index in [1.165, 1.54) is 0 Å². The Balaban J connectivity index is 1.80. The monoisotopic (exact) mass is 381 g/mol. The number of rotatable bonds is 5. The summed E-state index contributed by atoms with van der Waals surface area (Å²) >= 11 is 0. The van der Waals surface area contributed by atoms with Gasteiger partial charge in [-0.05, 0) is 5.56 Å². The molecule has 1 aliphatic heterocycles. The molecular weight excluding hydrogens is 362 g/mol. The Hall–Kier alpha value is -3.53. The summed E-state index contributed by atoms with van der Waals surface area (Å²) in [5, 5.41) is 11.5. The third kappa shape index (κ3) is 3.49. The first kappa shape index (κ1) is 17.9. The molecule has 1 aromatic carbocycles. The first-order valence-electron chi connectivity index (χ1n) is 8.70. The highest BCUT2D eigenvalue weighted by Gasteiger charge is 2.36. The van der Waals surface area contributed by atoms with Crippen LogP contribution in [0.1, 0.15) is 29.4 Å². The van der Waals surface area contributed by atoms with Crippen LogP contribution >= 0.6 is 0 Å². The van der Waals surface area contributed by atoms with Crippen LogP contribution in [0.4, 0.5) is 0 Å². The fraction of sp³-hybridized carbons (Fsp3) is 0.278. The fourth-order valence-electron chi connectivity index (χ4n) is 3.19. The molecule has 0 unspecified atom stereocenters. The van der Waals surface area contributed by atoms with E-state index in [-0.39, 0.29) is 24.8 Å². The summed E-state index contributed by atoms with van der Waals surface area (Å²) in [5.41, 5.74) is 6.84. The maximum absolute atomic E-state index is 12.0. The molecule has 3 aromatic rings. The number of ether oxygens (including phenoxy) is 1.